The van der Waals surface area contributed by atoms with Gasteiger partial charge in [-0.3, -0.25) is 37.3 Å². The number of esters is 4. The van der Waals surface area contributed by atoms with E-state index in [0.29, 0.717) is 25.7 Å². The van der Waals surface area contributed by atoms with E-state index >= 15 is 0 Å². The molecule has 17 nitrogen and oxygen atoms in total. The van der Waals surface area contributed by atoms with Gasteiger partial charge in [-0.1, -0.05) is 382 Å². The second kappa shape index (κ2) is 73.6. The summed E-state index contributed by atoms with van der Waals surface area (Å²) in [4.78, 5) is 72.8. The Labute approximate surface area is 619 Å². The Morgan fingerprint density at radius 2 is 0.455 bits per heavy atom. The summed E-state index contributed by atoms with van der Waals surface area (Å²) >= 11 is 0. The van der Waals surface area contributed by atoms with Crippen molar-refractivity contribution < 1.29 is 80.2 Å². The molecule has 2 unspecified atom stereocenters. The van der Waals surface area contributed by atoms with Gasteiger partial charge in [0, 0.05) is 25.7 Å². The highest BCUT2D eigenvalue weighted by Crippen LogP contribution is 2.45. The van der Waals surface area contributed by atoms with Gasteiger partial charge in [0.05, 0.1) is 26.4 Å². The molecule has 600 valence electrons. The summed E-state index contributed by atoms with van der Waals surface area (Å²) in [6, 6.07) is 0. The van der Waals surface area contributed by atoms with Crippen molar-refractivity contribution in [2.45, 2.75) is 452 Å². The van der Waals surface area contributed by atoms with Crippen LogP contribution in [0.2, 0.25) is 0 Å². The number of rotatable bonds is 81. The molecule has 0 aliphatic heterocycles. The predicted molar refractivity (Wildman–Crippen MR) is 414 cm³/mol. The molecule has 0 spiro atoms. The molecule has 0 amide bonds. The van der Waals surface area contributed by atoms with Crippen molar-refractivity contribution in [3.05, 3.63) is 0 Å². The third kappa shape index (κ3) is 76.1. The Bertz CT molecular complexity index is 1940. The first-order chi connectivity index (χ1) is 48.9. The maximum absolute atomic E-state index is 13.1. The third-order valence-electron chi connectivity index (χ3n) is 19.2. The molecule has 0 bridgehead atoms. The van der Waals surface area contributed by atoms with Crippen LogP contribution in [-0.2, 0) is 65.4 Å². The minimum absolute atomic E-state index is 0.108. The Hall–Kier alpha value is -1.94. The molecule has 0 fully saturated rings. The Kier molecular flexibility index (Phi) is 72.2. The monoisotopic (exact) mass is 1480 g/mol. The van der Waals surface area contributed by atoms with Gasteiger partial charge < -0.3 is 33.8 Å². The second-order valence-electron chi connectivity index (χ2n) is 30.5. The van der Waals surface area contributed by atoms with Crippen LogP contribution in [0.15, 0.2) is 0 Å². The zero-order chi connectivity index (χ0) is 74.2. The maximum atomic E-state index is 13.1. The molecule has 0 aromatic rings. The highest BCUT2D eigenvalue weighted by molar-refractivity contribution is 7.47. The molecule has 0 aliphatic rings. The van der Waals surface area contributed by atoms with E-state index in [2.05, 4.69) is 41.5 Å². The highest BCUT2D eigenvalue weighted by Gasteiger charge is 2.30. The number of aliphatic hydroxyl groups is 1. The molecule has 5 atom stereocenters. The number of carbonyl (C=O) groups is 4. The lowest BCUT2D eigenvalue weighted by Gasteiger charge is -2.21. The molecular formula is C82H160O17P2. The highest BCUT2D eigenvalue weighted by atomic mass is 31.2. The Morgan fingerprint density at radius 3 is 0.673 bits per heavy atom. The standard InChI is InChI=1S/C82H160O17P2/c1-7-9-11-13-14-15-16-17-18-27-33-38-43-48-54-60-66-81(86)98-77(70-92-79(84)64-58-50-12-10-8-2)72-96-100(88,89)94-68-76(83)69-95-101(90,91)97-73-78(71-93-80(85)65-59-53-47-42-37-32-28-24-23-26-31-36-41-46-52-57-63-75(5)6)99-82(87)67-61-55-49-44-39-34-29-22-20-19-21-25-30-35-40-45-51-56-62-74(3)4/h74-78,83H,7-73H2,1-6H3,(H,88,89)(H,90,91)/t76-,77+,78+/m0/s1. The normalized spacial score (nSPS) is 13.9. The number of hydrogen-bond acceptors (Lipinski definition) is 15. The zero-order valence-corrected chi connectivity index (χ0v) is 68.0. The molecule has 3 N–H and O–H groups in total. The van der Waals surface area contributed by atoms with Crippen molar-refractivity contribution in [1.29, 1.82) is 0 Å². The number of hydrogen-bond donors (Lipinski definition) is 3. The molecule has 0 aliphatic carbocycles. The first-order valence-electron chi connectivity index (χ1n) is 42.5. The van der Waals surface area contributed by atoms with Gasteiger partial charge in [-0.25, -0.2) is 9.13 Å². The number of aliphatic hydroxyl groups excluding tert-OH is 1. The smallest absolute Gasteiger partial charge is 0.462 e. The zero-order valence-electron chi connectivity index (χ0n) is 66.2. The molecule has 101 heavy (non-hydrogen) atoms. The average Bonchev–Trinajstić information content (AvgIpc) is 0.945. The molecule has 0 aromatic heterocycles. The average molecular weight is 1480 g/mol. The largest absolute Gasteiger partial charge is 0.472 e. The van der Waals surface area contributed by atoms with E-state index in [1.807, 2.05) is 0 Å². The molecule has 0 rings (SSSR count). The van der Waals surface area contributed by atoms with E-state index in [1.165, 1.54) is 244 Å². The first-order valence-corrected chi connectivity index (χ1v) is 45.5. The SMILES string of the molecule is CCCCCCCCCCCCCCCCCCC(=O)O[C@H](COC(=O)CCCCCCC)COP(=O)(O)OC[C@H](O)COP(=O)(O)OC[C@@H](COC(=O)CCCCCCCCCCCCCCCCCCC(C)C)OC(=O)CCCCCCCCCCCCCCCCCCCCC(C)C. The number of ether oxygens (including phenoxy) is 4. The van der Waals surface area contributed by atoms with E-state index < -0.39 is 97.5 Å². The van der Waals surface area contributed by atoms with E-state index in [9.17, 15) is 43.2 Å². The first kappa shape index (κ1) is 99.1. The van der Waals surface area contributed by atoms with Crippen molar-refractivity contribution in [1.82, 2.24) is 0 Å². The molecule has 0 saturated carbocycles. The van der Waals surface area contributed by atoms with Gasteiger partial charge in [-0.05, 0) is 37.5 Å². The topological polar surface area (TPSA) is 237 Å². The summed E-state index contributed by atoms with van der Waals surface area (Å²) in [6.45, 7) is 9.62. The summed E-state index contributed by atoms with van der Waals surface area (Å²) in [5.74, 6) is -0.485. The number of carbonyl (C=O) groups excluding carboxylic acids is 4. The molecule has 19 heteroatoms. The number of phosphoric acid groups is 2. The minimum atomic E-state index is -4.96. The van der Waals surface area contributed by atoms with Gasteiger partial charge in [-0.2, -0.15) is 0 Å². The summed E-state index contributed by atoms with van der Waals surface area (Å²) in [5.41, 5.74) is 0. The van der Waals surface area contributed by atoms with Gasteiger partial charge in [-0.15, -0.1) is 0 Å². The van der Waals surface area contributed by atoms with Crippen LogP contribution in [0.4, 0.5) is 0 Å². The van der Waals surface area contributed by atoms with Crippen LogP contribution in [0.25, 0.3) is 0 Å². The minimum Gasteiger partial charge on any atom is -0.462 e. The molecule has 0 heterocycles. The van der Waals surface area contributed by atoms with Crippen LogP contribution in [0.5, 0.6) is 0 Å². The third-order valence-corrected chi connectivity index (χ3v) is 21.1. The predicted octanol–water partition coefficient (Wildman–Crippen LogP) is 24.7. The van der Waals surface area contributed by atoms with Crippen LogP contribution in [0.1, 0.15) is 433 Å². The van der Waals surface area contributed by atoms with Crippen LogP contribution in [0.3, 0.4) is 0 Å². The van der Waals surface area contributed by atoms with Gasteiger partial charge in [0.25, 0.3) is 0 Å². The van der Waals surface area contributed by atoms with Crippen LogP contribution < -0.4 is 0 Å². The number of unbranched alkanes of at least 4 members (excludes halogenated alkanes) is 51. The van der Waals surface area contributed by atoms with E-state index in [4.69, 9.17) is 37.0 Å². The maximum Gasteiger partial charge on any atom is 0.472 e. The molecular weight excluding hydrogens is 1320 g/mol. The Morgan fingerprint density at radius 1 is 0.267 bits per heavy atom. The van der Waals surface area contributed by atoms with Gasteiger partial charge >= 0.3 is 39.5 Å². The molecule has 0 radical (unpaired) electrons. The lowest BCUT2D eigenvalue weighted by molar-refractivity contribution is -0.161. The van der Waals surface area contributed by atoms with Crippen LogP contribution >= 0.6 is 15.6 Å². The van der Waals surface area contributed by atoms with Gasteiger partial charge in [0.2, 0.25) is 0 Å². The van der Waals surface area contributed by atoms with Crippen molar-refractivity contribution in [3.8, 4) is 0 Å². The quantitative estimate of drug-likeness (QED) is 0.0222. The molecule has 0 saturated heterocycles. The fraction of sp³-hybridized carbons (Fsp3) is 0.951. The van der Waals surface area contributed by atoms with Crippen LogP contribution in [-0.4, -0.2) is 96.7 Å². The van der Waals surface area contributed by atoms with Crippen LogP contribution in [0, 0.1) is 11.8 Å². The summed E-state index contributed by atoms with van der Waals surface area (Å²) in [7, 11) is -9.91. The van der Waals surface area contributed by atoms with Crippen molar-refractivity contribution in [2.75, 3.05) is 39.6 Å². The lowest BCUT2D eigenvalue weighted by atomic mass is 10.0. The summed E-state index contributed by atoms with van der Waals surface area (Å²) in [6.07, 6.45) is 64.3. The lowest BCUT2D eigenvalue weighted by Crippen LogP contribution is -2.30. The van der Waals surface area contributed by atoms with Crippen molar-refractivity contribution >= 4 is 39.5 Å². The molecule has 0 aromatic carbocycles. The van der Waals surface area contributed by atoms with E-state index in [-0.39, 0.29) is 25.7 Å². The van der Waals surface area contributed by atoms with Crippen molar-refractivity contribution in [2.24, 2.45) is 11.8 Å². The van der Waals surface area contributed by atoms with Gasteiger partial charge in [0.1, 0.15) is 19.3 Å². The fourth-order valence-corrected chi connectivity index (χ4v) is 14.3. The Balaban J connectivity index is 5.11. The second-order valence-corrected chi connectivity index (χ2v) is 33.4. The van der Waals surface area contributed by atoms with Gasteiger partial charge in [0.15, 0.2) is 12.2 Å². The van der Waals surface area contributed by atoms with E-state index in [1.54, 1.807) is 0 Å². The van der Waals surface area contributed by atoms with Crippen molar-refractivity contribution in [3.63, 3.8) is 0 Å². The summed E-state index contributed by atoms with van der Waals surface area (Å²) in [5, 5.41) is 10.6. The fourth-order valence-electron chi connectivity index (χ4n) is 12.7. The number of phosphoric ester groups is 2. The van der Waals surface area contributed by atoms with E-state index in [0.717, 1.165) is 108 Å². The summed E-state index contributed by atoms with van der Waals surface area (Å²) < 4.78 is 68.5.